The number of methoxy groups -OCH3 is 1. The molecule has 0 heterocycles. The lowest BCUT2D eigenvalue weighted by atomic mass is 9.81. The van der Waals surface area contributed by atoms with Crippen LogP contribution in [0.15, 0.2) is 24.3 Å². The Morgan fingerprint density at radius 3 is 2.52 bits per heavy atom. The zero-order valence-corrected chi connectivity index (χ0v) is 12.5. The van der Waals surface area contributed by atoms with Gasteiger partial charge in [0.15, 0.2) is 0 Å². The Bertz CT molecular complexity index is 519. The molecule has 1 aromatic rings. The molecule has 112 valence electrons. The van der Waals surface area contributed by atoms with E-state index in [1.54, 1.807) is 7.11 Å². The first-order valence-corrected chi connectivity index (χ1v) is 7.73. The van der Waals surface area contributed by atoms with Gasteiger partial charge in [0, 0.05) is 12.5 Å². The average molecular weight is 286 g/mol. The highest BCUT2D eigenvalue weighted by Gasteiger charge is 2.41. The summed E-state index contributed by atoms with van der Waals surface area (Å²) in [5.41, 5.74) is -0.392. The van der Waals surface area contributed by atoms with Crippen molar-refractivity contribution in [3.05, 3.63) is 24.3 Å². The molecule has 2 saturated carbocycles. The minimum absolute atomic E-state index is 0.109. The Balaban J connectivity index is 1.63. The largest absolute Gasteiger partial charge is 0.497 e. The normalized spacial score (nSPS) is 28.7. The fourth-order valence-electron chi connectivity index (χ4n) is 3.05. The van der Waals surface area contributed by atoms with Crippen LogP contribution in [0.2, 0.25) is 0 Å². The molecule has 0 aromatic heterocycles. The van der Waals surface area contributed by atoms with Crippen LogP contribution in [0.3, 0.4) is 0 Å². The van der Waals surface area contributed by atoms with Crippen LogP contribution in [0.1, 0.15) is 38.5 Å². The number of nitriles is 1. The van der Waals surface area contributed by atoms with Gasteiger partial charge in [0.25, 0.3) is 0 Å². The maximum Gasteiger partial charge on any atom is 0.119 e. The fraction of sp³-hybridized carbons (Fsp3) is 0.588. The highest BCUT2D eigenvalue weighted by Crippen LogP contribution is 2.34. The van der Waals surface area contributed by atoms with Gasteiger partial charge in [0.1, 0.15) is 23.1 Å². The SMILES string of the molecule is COc1ccc(OC2CCCC(C#N)(NC3CC3)C2)cc1. The molecule has 1 aromatic carbocycles. The molecule has 2 unspecified atom stereocenters. The predicted molar refractivity (Wildman–Crippen MR) is 80.4 cm³/mol. The highest BCUT2D eigenvalue weighted by atomic mass is 16.5. The summed E-state index contributed by atoms with van der Waals surface area (Å²) in [4.78, 5) is 0. The quantitative estimate of drug-likeness (QED) is 0.904. The number of ether oxygens (including phenoxy) is 2. The molecule has 0 spiro atoms. The van der Waals surface area contributed by atoms with E-state index in [2.05, 4.69) is 11.4 Å². The van der Waals surface area contributed by atoms with Crippen molar-refractivity contribution >= 4 is 0 Å². The van der Waals surface area contributed by atoms with Crippen molar-refractivity contribution < 1.29 is 9.47 Å². The molecule has 0 radical (unpaired) electrons. The molecular formula is C17H22N2O2. The molecule has 1 N–H and O–H groups in total. The number of hydrogen-bond acceptors (Lipinski definition) is 4. The number of nitrogens with one attached hydrogen (secondary N) is 1. The summed E-state index contributed by atoms with van der Waals surface area (Å²) in [7, 11) is 1.65. The van der Waals surface area contributed by atoms with Crippen molar-refractivity contribution in [2.24, 2.45) is 0 Å². The average Bonchev–Trinajstić information content (AvgIpc) is 3.32. The lowest BCUT2D eigenvalue weighted by molar-refractivity contribution is 0.112. The monoisotopic (exact) mass is 286 g/mol. The van der Waals surface area contributed by atoms with Crippen LogP contribution in [0.4, 0.5) is 0 Å². The Hall–Kier alpha value is -1.73. The maximum absolute atomic E-state index is 9.59. The third-order valence-corrected chi connectivity index (χ3v) is 4.34. The summed E-state index contributed by atoms with van der Waals surface area (Å²) in [5, 5.41) is 13.1. The second-order valence-electron chi connectivity index (χ2n) is 6.12. The molecule has 4 nitrogen and oxygen atoms in total. The molecule has 21 heavy (non-hydrogen) atoms. The standard InChI is InChI=1S/C17H22N2O2/c1-20-14-6-8-15(9-7-14)21-16-3-2-10-17(11-16,12-18)19-13-4-5-13/h6-9,13,16,19H,2-5,10-11H2,1H3. The van der Waals surface area contributed by atoms with Gasteiger partial charge in [0.05, 0.1) is 13.2 Å². The van der Waals surface area contributed by atoms with E-state index in [1.165, 1.54) is 12.8 Å². The third-order valence-electron chi connectivity index (χ3n) is 4.34. The number of benzene rings is 1. The zero-order valence-electron chi connectivity index (χ0n) is 12.5. The molecule has 2 fully saturated rings. The van der Waals surface area contributed by atoms with Gasteiger partial charge in [-0.15, -0.1) is 0 Å². The van der Waals surface area contributed by atoms with Crippen molar-refractivity contribution in [3.8, 4) is 17.6 Å². The van der Waals surface area contributed by atoms with Gasteiger partial charge >= 0.3 is 0 Å². The van der Waals surface area contributed by atoms with Crippen LogP contribution in [0.5, 0.6) is 11.5 Å². The Labute approximate surface area is 126 Å². The minimum Gasteiger partial charge on any atom is -0.497 e. The summed E-state index contributed by atoms with van der Waals surface area (Å²) in [6.45, 7) is 0. The van der Waals surface area contributed by atoms with Crippen molar-refractivity contribution in [2.75, 3.05) is 7.11 Å². The van der Waals surface area contributed by atoms with E-state index in [0.717, 1.165) is 37.2 Å². The maximum atomic E-state index is 9.59. The van der Waals surface area contributed by atoms with E-state index in [9.17, 15) is 5.26 Å². The second kappa shape index (κ2) is 5.95. The minimum atomic E-state index is -0.392. The molecule has 0 aliphatic heterocycles. The van der Waals surface area contributed by atoms with E-state index in [0.29, 0.717) is 6.04 Å². The van der Waals surface area contributed by atoms with Gasteiger partial charge < -0.3 is 9.47 Å². The first-order chi connectivity index (χ1) is 10.2. The van der Waals surface area contributed by atoms with Crippen LogP contribution in [-0.4, -0.2) is 24.8 Å². The Morgan fingerprint density at radius 2 is 1.90 bits per heavy atom. The van der Waals surface area contributed by atoms with Gasteiger partial charge in [-0.05, 0) is 56.4 Å². The molecule has 0 saturated heterocycles. The van der Waals surface area contributed by atoms with E-state index >= 15 is 0 Å². The number of hydrogen-bond donors (Lipinski definition) is 1. The van der Waals surface area contributed by atoms with Crippen LogP contribution in [-0.2, 0) is 0 Å². The fourth-order valence-corrected chi connectivity index (χ4v) is 3.05. The van der Waals surface area contributed by atoms with Crippen LogP contribution in [0, 0.1) is 11.3 Å². The van der Waals surface area contributed by atoms with E-state index in [4.69, 9.17) is 9.47 Å². The topological polar surface area (TPSA) is 54.3 Å². The van der Waals surface area contributed by atoms with Gasteiger partial charge in [-0.1, -0.05) is 0 Å². The van der Waals surface area contributed by atoms with E-state index in [1.807, 2.05) is 24.3 Å². The molecule has 3 rings (SSSR count). The van der Waals surface area contributed by atoms with Crippen molar-refractivity contribution in [1.29, 1.82) is 5.26 Å². The van der Waals surface area contributed by atoms with Crippen molar-refractivity contribution in [3.63, 3.8) is 0 Å². The Morgan fingerprint density at radius 1 is 1.19 bits per heavy atom. The summed E-state index contributed by atoms with van der Waals surface area (Å²) >= 11 is 0. The Kier molecular flexibility index (Phi) is 4.03. The molecule has 2 aliphatic rings. The van der Waals surface area contributed by atoms with Crippen molar-refractivity contribution in [1.82, 2.24) is 5.32 Å². The van der Waals surface area contributed by atoms with Crippen LogP contribution < -0.4 is 14.8 Å². The van der Waals surface area contributed by atoms with Gasteiger partial charge in [-0.25, -0.2) is 0 Å². The molecule has 2 aliphatic carbocycles. The first-order valence-electron chi connectivity index (χ1n) is 7.73. The highest BCUT2D eigenvalue weighted by molar-refractivity contribution is 5.31. The summed E-state index contributed by atoms with van der Waals surface area (Å²) in [6, 6.07) is 10.7. The smallest absolute Gasteiger partial charge is 0.119 e. The summed E-state index contributed by atoms with van der Waals surface area (Å²) in [5.74, 6) is 1.67. The van der Waals surface area contributed by atoms with Gasteiger partial charge in [-0.2, -0.15) is 5.26 Å². The zero-order chi connectivity index (χ0) is 14.7. The molecule has 0 amide bonds. The van der Waals surface area contributed by atoms with Crippen LogP contribution >= 0.6 is 0 Å². The lowest BCUT2D eigenvalue weighted by Gasteiger charge is -2.36. The first kappa shape index (κ1) is 14.2. The predicted octanol–water partition coefficient (Wildman–Crippen LogP) is 3.03. The van der Waals surface area contributed by atoms with Gasteiger partial charge in [-0.3, -0.25) is 5.32 Å². The second-order valence-corrected chi connectivity index (χ2v) is 6.12. The molecule has 2 atom stereocenters. The molecule has 0 bridgehead atoms. The lowest BCUT2D eigenvalue weighted by Crippen LogP contribution is -2.50. The summed E-state index contributed by atoms with van der Waals surface area (Å²) < 4.78 is 11.2. The van der Waals surface area contributed by atoms with Gasteiger partial charge in [0.2, 0.25) is 0 Å². The van der Waals surface area contributed by atoms with E-state index < -0.39 is 5.54 Å². The molecular weight excluding hydrogens is 264 g/mol. The molecule has 4 heteroatoms. The number of nitrogens with zero attached hydrogens (tertiary/aromatic N) is 1. The van der Waals surface area contributed by atoms with E-state index in [-0.39, 0.29) is 6.10 Å². The summed E-state index contributed by atoms with van der Waals surface area (Å²) in [6.07, 6.45) is 6.27. The van der Waals surface area contributed by atoms with Crippen molar-refractivity contribution in [2.45, 2.75) is 56.2 Å². The van der Waals surface area contributed by atoms with Crippen LogP contribution in [0.25, 0.3) is 0 Å². The third kappa shape index (κ3) is 3.48. The number of rotatable bonds is 5.